The van der Waals surface area contributed by atoms with Crippen LogP contribution in [0, 0.1) is 5.82 Å². The van der Waals surface area contributed by atoms with E-state index in [9.17, 15) is 9.18 Å². The number of halogens is 1. The number of thioether (sulfide) groups is 1. The molecule has 0 aliphatic heterocycles. The summed E-state index contributed by atoms with van der Waals surface area (Å²) in [5.74, 6) is 0.292. The second kappa shape index (κ2) is 7.64. The van der Waals surface area contributed by atoms with E-state index in [4.69, 9.17) is 4.98 Å². The molecule has 2 aliphatic rings. The van der Waals surface area contributed by atoms with Crippen LogP contribution < -0.4 is 5.56 Å². The van der Waals surface area contributed by atoms with Gasteiger partial charge >= 0.3 is 0 Å². The van der Waals surface area contributed by atoms with E-state index in [2.05, 4.69) is 0 Å². The summed E-state index contributed by atoms with van der Waals surface area (Å²) in [6.07, 6.45) is 8.81. The monoisotopic (exact) mass is 414 g/mol. The van der Waals surface area contributed by atoms with Crippen LogP contribution in [-0.4, -0.2) is 9.55 Å². The van der Waals surface area contributed by atoms with Gasteiger partial charge in [0.1, 0.15) is 10.6 Å². The molecule has 146 valence electrons. The van der Waals surface area contributed by atoms with Crippen molar-refractivity contribution < 1.29 is 4.39 Å². The topological polar surface area (TPSA) is 34.9 Å². The van der Waals surface area contributed by atoms with Crippen molar-refractivity contribution in [3.05, 3.63) is 56.4 Å². The number of aromatic nitrogens is 2. The third-order valence-corrected chi connectivity index (χ3v) is 8.18. The van der Waals surface area contributed by atoms with Crippen molar-refractivity contribution in [3.8, 4) is 0 Å². The van der Waals surface area contributed by atoms with Gasteiger partial charge in [-0.25, -0.2) is 9.37 Å². The minimum Gasteiger partial charge on any atom is -0.284 e. The van der Waals surface area contributed by atoms with Gasteiger partial charge in [0.25, 0.3) is 5.56 Å². The Morgan fingerprint density at radius 1 is 1.14 bits per heavy atom. The van der Waals surface area contributed by atoms with Crippen LogP contribution in [0.2, 0.25) is 0 Å². The molecule has 2 heterocycles. The van der Waals surface area contributed by atoms with Gasteiger partial charge < -0.3 is 0 Å². The van der Waals surface area contributed by atoms with E-state index in [0.29, 0.717) is 11.3 Å². The molecule has 0 atom stereocenters. The van der Waals surface area contributed by atoms with E-state index < -0.39 is 0 Å². The summed E-state index contributed by atoms with van der Waals surface area (Å²) in [6, 6.07) is 7.09. The van der Waals surface area contributed by atoms with Crippen LogP contribution in [0.15, 0.2) is 34.2 Å². The Hall–Kier alpha value is -1.66. The predicted octanol–water partition coefficient (Wildman–Crippen LogP) is 5.88. The van der Waals surface area contributed by atoms with Gasteiger partial charge in [-0.05, 0) is 55.7 Å². The van der Waals surface area contributed by atoms with Crippen molar-refractivity contribution >= 4 is 33.3 Å². The quantitative estimate of drug-likeness (QED) is 0.395. The first kappa shape index (κ1) is 18.4. The van der Waals surface area contributed by atoms with E-state index in [-0.39, 0.29) is 17.4 Å². The van der Waals surface area contributed by atoms with E-state index in [0.717, 1.165) is 60.3 Å². The lowest BCUT2D eigenvalue weighted by Crippen LogP contribution is -2.26. The van der Waals surface area contributed by atoms with Crippen LogP contribution in [0.25, 0.3) is 10.2 Å². The highest BCUT2D eigenvalue weighted by Gasteiger charge is 2.27. The molecule has 0 saturated heterocycles. The molecule has 2 aromatic heterocycles. The van der Waals surface area contributed by atoms with Gasteiger partial charge in [0, 0.05) is 16.7 Å². The van der Waals surface area contributed by atoms with Gasteiger partial charge in [0.05, 0.1) is 5.39 Å². The molecule has 6 heteroatoms. The lowest BCUT2D eigenvalue weighted by molar-refractivity contribution is 0.457. The minimum atomic E-state index is -0.197. The molecule has 0 radical (unpaired) electrons. The molecular formula is C22H23FN2OS2. The SMILES string of the molecule is O=c1c2c3c(sc2nc(SCc2ccccc2F)n1C1CCCC1)CCCC3. The average molecular weight is 415 g/mol. The molecule has 5 rings (SSSR count). The lowest BCUT2D eigenvalue weighted by atomic mass is 9.97. The van der Waals surface area contributed by atoms with Crippen molar-refractivity contribution in [2.45, 2.75) is 68.3 Å². The maximum Gasteiger partial charge on any atom is 0.263 e. The fourth-order valence-corrected chi connectivity index (χ4v) is 6.90. The van der Waals surface area contributed by atoms with Crippen LogP contribution in [0.5, 0.6) is 0 Å². The summed E-state index contributed by atoms with van der Waals surface area (Å²) in [5.41, 5.74) is 2.04. The number of hydrogen-bond acceptors (Lipinski definition) is 4. The van der Waals surface area contributed by atoms with Crippen molar-refractivity contribution in [2.75, 3.05) is 0 Å². The number of thiophene rings is 1. The zero-order chi connectivity index (χ0) is 19.1. The number of aryl methyl sites for hydroxylation is 2. The maximum absolute atomic E-state index is 14.1. The molecule has 0 N–H and O–H groups in total. The number of nitrogens with zero attached hydrogens (tertiary/aromatic N) is 2. The smallest absolute Gasteiger partial charge is 0.263 e. The summed E-state index contributed by atoms with van der Waals surface area (Å²) < 4.78 is 16.0. The van der Waals surface area contributed by atoms with Gasteiger partial charge in [-0.1, -0.05) is 42.8 Å². The second-order valence-corrected chi connectivity index (χ2v) is 9.81. The van der Waals surface area contributed by atoms with Gasteiger partial charge in [-0.15, -0.1) is 11.3 Å². The van der Waals surface area contributed by atoms with Crippen molar-refractivity contribution in [1.29, 1.82) is 0 Å². The predicted molar refractivity (Wildman–Crippen MR) is 114 cm³/mol. The van der Waals surface area contributed by atoms with Crippen LogP contribution in [0.1, 0.15) is 60.6 Å². The Labute approximate surface area is 172 Å². The Morgan fingerprint density at radius 3 is 2.75 bits per heavy atom. The van der Waals surface area contributed by atoms with Crippen molar-refractivity contribution in [1.82, 2.24) is 9.55 Å². The highest BCUT2D eigenvalue weighted by molar-refractivity contribution is 7.98. The lowest BCUT2D eigenvalue weighted by Gasteiger charge is -2.18. The first-order valence-corrected chi connectivity index (χ1v) is 12.0. The summed E-state index contributed by atoms with van der Waals surface area (Å²) in [4.78, 5) is 20.8. The molecule has 0 unspecified atom stereocenters. The molecule has 0 amide bonds. The first-order valence-electron chi connectivity index (χ1n) is 10.2. The zero-order valence-electron chi connectivity index (χ0n) is 15.7. The van der Waals surface area contributed by atoms with Gasteiger partial charge in [0.2, 0.25) is 0 Å². The molecule has 28 heavy (non-hydrogen) atoms. The fourth-order valence-electron chi connectivity index (χ4n) is 4.54. The Kier molecular flexibility index (Phi) is 5.01. The molecule has 0 spiro atoms. The third kappa shape index (κ3) is 3.20. The zero-order valence-corrected chi connectivity index (χ0v) is 17.4. The molecule has 0 bridgehead atoms. The van der Waals surface area contributed by atoms with Crippen LogP contribution >= 0.6 is 23.1 Å². The van der Waals surface area contributed by atoms with E-state index in [1.54, 1.807) is 17.4 Å². The summed E-state index contributed by atoms with van der Waals surface area (Å²) in [6.45, 7) is 0. The summed E-state index contributed by atoms with van der Waals surface area (Å²) >= 11 is 3.19. The Morgan fingerprint density at radius 2 is 1.93 bits per heavy atom. The number of benzene rings is 1. The normalized spacial score (nSPS) is 17.3. The number of fused-ring (bicyclic) bond motifs is 3. The summed E-state index contributed by atoms with van der Waals surface area (Å²) in [5, 5.41) is 1.62. The van der Waals surface area contributed by atoms with E-state index in [1.165, 1.54) is 34.7 Å². The van der Waals surface area contributed by atoms with E-state index >= 15 is 0 Å². The Bertz CT molecular complexity index is 1080. The molecule has 3 nitrogen and oxygen atoms in total. The fraction of sp³-hybridized carbons (Fsp3) is 0.455. The third-order valence-electron chi connectivity index (χ3n) is 5.99. The highest BCUT2D eigenvalue weighted by Crippen LogP contribution is 2.38. The summed E-state index contributed by atoms with van der Waals surface area (Å²) in [7, 11) is 0. The first-order chi connectivity index (χ1) is 13.7. The van der Waals surface area contributed by atoms with E-state index in [1.807, 2.05) is 16.7 Å². The minimum absolute atomic E-state index is 0.132. The second-order valence-electron chi connectivity index (χ2n) is 7.78. The molecule has 1 fully saturated rings. The standard InChI is InChI=1S/C22H23FN2OS2/c23-17-11-5-1-7-14(17)13-27-22-24-20-19(16-10-4-6-12-18(16)28-20)21(26)25(22)15-8-2-3-9-15/h1,5,7,11,15H,2-4,6,8-10,12-13H2. The van der Waals surface area contributed by atoms with Crippen molar-refractivity contribution in [2.24, 2.45) is 0 Å². The molecule has 1 saturated carbocycles. The van der Waals surface area contributed by atoms with Gasteiger partial charge in [0.15, 0.2) is 5.16 Å². The molecular weight excluding hydrogens is 391 g/mol. The van der Waals surface area contributed by atoms with Gasteiger partial charge in [-0.2, -0.15) is 0 Å². The van der Waals surface area contributed by atoms with Crippen molar-refractivity contribution in [3.63, 3.8) is 0 Å². The Balaban J connectivity index is 1.61. The molecule has 3 aromatic rings. The number of rotatable bonds is 4. The average Bonchev–Trinajstić information content (AvgIpc) is 3.35. The maximum atomic E-state index is 14.1. The molecule has 1 aromatic carbocycles. The molecule has 2 aliphatic carbocycles. The highest BCUT2D eigenvalue weighted by atomic mass is 32.2. The van der Waals surface area contributed by atoms with Crippen LogP contribution in [0.4, 0.5) is 4.39 Å². The van der Waals surface area contributed by atoms with Gasteiger partial charge in [-0.3, -0.25) is 9.36 Å². The van der Waals surface area contributed by atoms with Crippen LogP contribution in [0.3, 0.4) is 0 Å². The van der Waals surface area contributed by atoms with Crippen LogP contribution in [-0.2, 0) is 18.6 Å². The number of hydrogen-bond donors (Lipinski definition) is 0. The largest absolute Gasteiger partial charge is 0.284 e.